The number of hydrogen-bond acceptors (Lipinski definition) is 6. The van der Waals surface area contributed by atoms with Crippen molar-refractivity contribution in [2.75, 3.05) is 5.32 Å². The summed E-state index contributed by atoms with van der Waals surface area (Å²) in [6.45, 7) is 5.15. The van der Waals surface area contributed by atoms with Gasteiger partial charge in [-0.3, -0.25) is 25.0 Å². The number of rotatable bonds is 3. The summed E-state index contributed by atoms with van der Waals surface area (Å²) in [4.78, 5) is 31.8. The molecule has 0 aliphatic rings. The average molecular weight is 405 g/mol. The summed E-state index contributed by atoms with van der Waals surface area (Å²) in [5.41, 5.74) is -0.0286. The van der Waals surface area contributed by atoms with Crippen LogP contribution in [0.2, 0.25) is 0 Å². The molecule has 30 heavy (non-hydrogen) atoms. The van der Waals surface area contributed by atoms with E-state index in [4.69, 9.17) is 4.74 Å². The van der Waals surface area contributed by atoms with Crippen LogP contribution in [0.1, 0.15) is 20.8 Å². The molecular weight excluding hydrogens is 386 g/mol. The average Bonchev–Trinajstić information content (AvgIpc) is 3.09. The second-order valence-corrected chi connectivity index (χ2v) is 7.76. The van der Waals surface area contributed by atoms with Gasteiger partial charge >= 0.3 is 6.09 Å². The Labute approximate surface area is 171 Å². The summed E-state index contributed by atoms with van der Waals surface area (Å²) in [7, 11) is 0. The van der Waals surface area contributed by atoms with E-state index in [1.165, 1.54) is 12.1 Å². The topological polar surface area (TPSA) is 112 Å². The molecule has 0 atom stereocenters. The van der Waals surface area contributed by atoms with Crippen LogP contribution in [0, 0.1) is 10.1 Å². The molecular formula is C21H19N5O4. The van der Waals surface area contributed by atoms with Crippen molar-refractivity contribution in [3.8, 4) is 5.82 Å². The summed E-state index contributed by atoms with van der Waals surface area (Å²) in [5.74, 6) is 0.604. The van der Waals surface area contributed by atoms with Crippen LogP contribution in [0.3, 0.4) is 0 Å². The number of hydrogen-bond donors (Lipinski definition) is 1. The Bertz CT molecular complexity index is 1290. The zero-order valence-corrected chi connectivity index (χ0v) is 16.6. The quantitative estimate of drug-likeness (QED) is 0.386. The van der Waals surface area contributed by atoms with Crippen molar-refractivity contribution in [2.24, 2.45) is 0 Å². The number of nitrogens with one attached hydrogen (secondary N) is 1. The predicted octanol–water partition coefficient (Wildman–Crippen LogP) is 4.83. The molecule has 0 saturated carbocycles. The molecule has 1 aromatic carbocycles. The van der Waals surface area contributed by atoms with Crippen molar-refractivity contribution in [1.82, 2.24) is 14.5 Å². The number of ether oxygens (including phenoxy) is 1. The van der Waals surface area contributed by atoms with Gasteiger partial charge < -0.3 is 4.74 Å². The van der Waals surface area contributed by atoms with Gasteiger partial charge in [0.25, 0.3) is 5.69 Å². The van der Waals surface area contributed by atoms with Crippen molar-refractivity contribution in [2.45, 2.75) is 26.4 Å². The molecule has 3 heterocycles. The number of pyridine rings is 2. The molecule has 0 unspecified atom stereocenters. The molecule has 0 spiro atoms. The number of amides is 1. The largest absolute Gasteiger partial charge is 0.444 e. The highest BCUT2D eigenvalue weighted by Gasteiger charge is 2.21. The molecule has 3 aromatic heterocycles. The highest BCUT2D eigenvalue weighted by Crippen LogP contribution is 2.31. The number of benzene rings is 1. The molecule has 9 heteroatoms. The zero-order chi connectivity index (χ0) is 21.5. The Kier molecular flexibility index (Phi) is 4.57. The number of nitro benzene ring substituents is 1. The summed E-state index contributed by atoms with van der Waals surface area (Å²) in [6.07, 6.45) is 6.16. The fourth-order valence-corrected chi connectivity index (χ4v) is 3.14. The molecule has 9 nitrogen and oxygen atoms in total. The maximum atomic E-state index is 12.1. The van der Waals surface area contributed by atoms with E-state index in [2.05, 4.69) is 15.3 Å². The minimum Gasteiger partial charge on any atom is -0.444 e. The lowest BCUT2D eigenvalue weighted by molar-refractivity contribution is -0.383. The summed E-state index contributed by atoms with van der Waals surface area (Å²) < 4.78 is 7.06. The lowest BCUT2D eigenvalue weighted by Gasteiger charge is -2.19. The molecule has 0 bridgehead atoms. The van der Waals surface area contributed by atoms with E-state index in [9.17, 15) is 14.9 Å². The van der Waals surface area contributed by atoms with Crippen molar-refractivity contribution in [3.05, 3.63) is 65.2 Å². The number of nitrogens with zero attached hydrogens (tertiary/aromatic N) is 4. The number of aromatic nitrogens is 3. The van der Waals surface area contributed by atoms with Gasteiger partial charge in [0.15, 0.2) is 0 Å². The Morgan fingerprint density at radius 2 is 1.93 bits per heavy atom. The third-order valence-electron chi connectivity index (χ3n) is 4.40. The van der Waals surface area contributed by atoms with Crippen LogP contribution in [-0.2, 0) is 4.74 Å². The molecule has 1 N–H and O–H groups in total. The fraction of sp³-hybridized carbons (Fsp3) is 0.190. The predicted molar refractivity (Wildman–Crippen MR) is 113 cm³/mol. The highest BCUT2D eigenvalue weighted by molar-refractivity contribution is 5.96. The Balaban J connectivity index is 1.76. The molecule has 1 amide bonds. The van der Waals surface area contributed by atoms with Gasteiger partial charge in [0.2, 0.25) is 0 Å². The van der Waals surface area contributed by atoms with Crippen LogP contribution in [0.15, 0.2) is 55.1 Å². The molecule has 0 radical (unpaired) electrons. The van der Waals surface area contributed by atoms with Crippen molar-refractivity contribution >= 4 is 39.1 Å². The van der Waals surface area contributed by atoms with Gasteiger partial charge in [-0.25, -0.2) is 9.78 Å². The number of carbonyl (C=O) groups excluding carboxylic acids is 1. The summed E-state index contributed by atoms with van der Waals surface area (Å²) >= 11 is 0. The van der Waals surface area contributed by atoms with E-state index < -0.39 is 16.6 Å². The molecule has 0 fully saturated rings. The van der Waals surface area contributed by atoms with E-state index >= 15 is 0 Å². The third-order valence-corrected chi connectivity index (χ3v) is 4.40. The first-order valence-electron chi connectivity index (χ1n) is 9.21. The third kappa shape index (κ3) is 3.77. The van der Waals surface area contributed by atoms with Crippen molar-refractivity contribution in [3.63, 3.8) is 0 Å². The zero-order valence-electron chi connectivity index (χ0n) is 16.6. The van der Waals surface area contributed by atoms with Gasteiger partial charge in [0, 0.05) is 35.4 Å². The Hall–Kier alpha value is -4.01. The van der Waals surface area contributed by atoms with Crippen molar-refractivity contribution < 1.29 is 14.5 Å². The highest BCUT2D eigenvalue weighted by atomic mass is 16.6. The Morgan fingerprint density at radius 1 is 1.13 bits per heavy atom. The number of nitro groups is 1. The summed E-state index contributed by atoms with van der Waals surface area (Å²) in [6, 6.07) is 8.53. The van der Waals surface area contributed by atoms with E-state index in [-0.39, 0.29) is 11.4 Å². The standard InChI is InChI=1S/C21H19N5O4/c1-21(2,3)30-20(27)24-16-8-15-11-23-19(10-14(15)9-17(16)26(28)29)25-7-5-13-4-6-22-12-18(13)25/h4-12H,1-3H3,(H,24,27). The van der Waals surface area contributed by atoms with E-state index in [0.29, 0.717) is 16.6 Å². The van der Waals surface area contributed by atoms with Crippen LogP contribution < -0.4 is 5.32 Å². The second kappa shape index (κ2) is 7.11. The molecule has 152 valence electrons. The molecule has 0 aliphatic carbocycles. The number of carbonyl (C=O) groups is 1. The molecule has 4 rings (SSSR count). The van der Waals surface area contributed by atoms with Gasteiger partial charge in [-0.1, -0.05) is 0 Å². The van der Waals surface area contributed by atoms with Crippen LogP contribution >= 0.6 is 0 Å². The SMILES string of the molecule is CC(C)(C)OC(=O)Nc1cc2cnc(-n3ccc4ccncc43)cc2cc1[N+](=O)[O-]. The lowest BCUT2D eigenvalue weighted by Crippen LogP contribution is -2.27. The van der Waals surface area contributed by atoms with Gasteiger partial charge in [0.1, 0.15) is 17.1 Å². The smallest absolute Gasteiger partial charge is 0.412 e. The monoisotopic (exact) mass is 405 g/mol. The first kappa shape index (κ1) is 19.3. The molecule has 0 saturated heterocycles. The number of fused-ring (bicyclic) bond motifs is 2. The van der Waals surface area contributed by atoms with Gasteiger partial charge in [0.05, 0.1) is 16.6 Å². The minimum atomic E-state index is -0.763. The van der Waals surface area contributed by atoms with E-state index in [1.807, 2.05) is 22.9 Å². The van der Waals surface area contributed by atoms with E-state index in [0.717, 1.165) is 10.9 Å². The normalized spacial score (nSPS) is 11.6. The van der Waals surface area contributed by atoms with E-state index in [1.54, 1.807) is 45.4 Å². The Morgan fingerprint density at radius 3 is 2.67 bits per heavy atom. The first-order chi connectivity index (χ1) is 14.2. The van der Waals surface area contributed by atoms with Crippen LogP contribution in [0.25, 0.3) is 27.5 Å². The minimum absolute atomic E-state index is 0.0481. The lowest BCUT2D eigenvalue weighted by atomic mass is 10.1. The van der Waals surface area contributed by atoms with Crippen LogP contribution in [0.5, 0.6) is 0 Å². The fourth-order valence-electron chi connectivity index (χ4n) is 3.14. The van der Waals surface area contributed by atoms with Crippen LogP contribution in [0.4, 0.5) is 16.2 Å². The maximum absolute atomic E-state index is 12.1. The molecule has 4 aromatic rings. The maximum Gasteiger partial charge on any atom is 0.412 e. The van der Waals surface area contributed by atoms with Gasteiger partial charge in [-0.05, 0) is 50.4 Å². The summed E-state index contributed by atoms with van der Waals surface area (Å²) in [5, 5.41) is 16.3. The number of anilines is 1. The van der Waals surface area contributed by atoms with Gasteiger partial charge in [-0.15, -0.1) is 0 Å². The van der Waals surface area contributed by atoms with Crippen LogP contribution in [-0.4, -0.2) is 31.2 Å². The second-order valence-electron chi connectivity index (χ2n) is 7.76. The van der Waals surface area contributed by atoms with Crippen molar-refractivity contribution in [1.29, 1.82) is 0 Å². The van der Waals surface area contributed by atoms with Gasteiger partial charge in [-0.2, -0.15) is 0 Å². The first-order valence-corrected chi connectivity index (χ1v) is 9.21. The molecule has 0 aliphatic heterocycles.